The highest BCUT2D eigenvalue weighted by Gasteiger charge is 2.44. The van der Waals surface area contributed by atoms with Crippen molar-refractivity contribution in [1.29, 1.82) is 0 Å². The number of rotatable bonds is 3. The molecule has 5 rings (SSSR count). The molecule has 0 amide bonds. The fourth-order valence-corrected chi connectivity index (χ4v) is 6.19. The Labute approximate surface area is 170 Å². The lowest BCUT2D eigenvalue weighted by Crippen LogP contribution is -2.50. The molecule has 1 aromatic carbocycles. The molecule has 2 aliphatic rings. The average molecular weight is 410 g/mol. The first-order valence-corrected chi connectivity index (χ1v) is 11.4. The van der Waals surface area contributed by atoms with Crippen LogP contribution in [0.25, 0.3) is 11.3 Å². The predicted molar refractivity (Wildman–Crippen MR) is 108 cm³/mol. The van der Waals surface area contributed by atoms with E-state index < -0.39 is 10.0 Å². The molecule has 29 heavy (non-hydrogen) atoms. The second-order valence-electron chi connectivity index (χ2n) is 7.85. The van der Waals surface area contributed by atoms with Gasteiger partial charge >= 0.3 is 0 Å². The van der Waals surface area contributed by atoms with Gasteiger partial charge in [0.05, 0.1) is 23.2 Å². The van der Waals surface area contributed by atoms with E-state index in [9.17, 15) is 8.42 Å². The summed E-state index contributed by atoms with van der Waals surface area (Å²) < 4.78 is 30.8. The van der Waals surface area contributed by atoms with E-state index >= 15 is 0 Å². The summed E-state index contributed by atoms with van der Waals surface area (Å²) in [5.41, 5.74) is 3.46. The second-order valence-corrected chi connectivity index (χ2v) is 9.74. The van der Waals surface area contributed by atoms with Gasteiger partial charge in [0.2, 0.25) is 10.0 Å². The number of aromatic nitrogens is 4. The van der Waals surface area contributed by atoms with Gasteiger partial charge in [-0.1, -0.05) is 35.8 Å². The average Bonchev–Trinajstić information content (AvgIpc) is 3.18. The van der Waals surface area contributed by atoms with Gasteiger partial charge in [0, 0.05) is 24.0 Å². The van der Waals surface area contributed by atoms with E-state index in [4.69, 9.17) is 0 Å². The summed E-state index contributed by atoms with van der Waals surface area (Å²) in [6, 6.07) is 10.8. The summed E-state index contributed by atoms with van der Waals surface area (Å²) in [5.74, 6) is 0. The molecule has 0 spiro atoms. The summed E-state index contributed by atoms with van der Waals surface area (Å²) in [5, 5.41) is 8.85. The highest BCUT2D eigenvalue weighted by atomic mass is 32.2. The molecule has 1 aliphatic carbocycles. The number of aryl methyl sites for hydroxylation is 1. The quantitative estimate of drug-likeness (QED) is 0.663. The Morgan fingerprint density at radius 2 is 1.79 bits per heavy atom. The highest BCUT2D eigenvalue weighted by Crippen LogP contribution is 2.41. The summed E-state index contributed by atoms with van der Waals surface area (Å²) >= 11 is 0. The lowest BCUT2D eigenvalue weighted by atomic mass is 9.88. The highest BCUT2D eigenvalue weighted by molar-refractivity contribution is 7.89. The molecule has 150 valence electrons. The van der Waals surface area contributed by atoms with Gasteiger partial charge in [-0.15, -0.1) is 5.10 Å². The largest absolute Gasteiger partial charge is 0.264 e. The smallest absolute Gasteiger partial charge is 0.243 e. The molecule has 2 aromatic heterocycles. The van der Waals surface area contributed by atoms with Crippen LogP contribution in [0.3, 0.4) is 0 Å². The normalized spacial score (nSPS) is 22.1. The molecule has 8 heteroatoms. The van der Waals surface area contributed by atoms with E-state index in [0.717, 1.165) is 42.5 Å². The SMILES string of the molecule is Cc1ccc(S(=O)(=O)N2Cc3c(-c4cccnc4)nnn3[C@H]3CCCC[C@@H]32)cc1. The van der Waals surface area contributed by atoms with Crippen LogP contribution in [-0.2, 0) is 16.6 Å². The third-order valence-electron chi connectivity index (χ3n) is 6.04. The number of fused-ring (bicyclic) bond motifs is 3. The fourth-order valence-electron chi connectivity index (χ4n) is 4.54. The maximum absolute atomic E-state index is 13.6. The third kappa shape index (κ3) is 3.07. The van der Waals surface area contributed by atoms with E-state index in [1.165, 1.54) is 0 Å². The van der Waals surface area contributed by atoms with E-state index in [0.29, 0.717) is 10.6 Å². The molecule has 3 aromatic rings. The number of sulfonamides is 1. The van der Waals surface area contributed by atoms with Crippen LogP contribution in [0, 0.1) is 6.92 Å². The van der Waals surface area contributed by atoms with Crippen molar-refractivity contribution in [3.05, 3.63) is 60.0 Å². The monoisotopic (exact) mass is 409 g/mol. The van der Waals surface area contributed by atoms with Crippen LogP contribution in [0.1, 0.15) is 43.0 Å². The Morgan fingerprint density at radius 1 is 1.03 bits per heavy atom. The van der Waals surface area contributed by atoms with Crippen LogP contribution in [-0.4, -0.2) is 38.7 Å². The predicted octanol–water partition coefficient (Wildman–Crippen LogP) is 3.34. The molecule has 2 atom stereocenters. The molecular weight excluding hydrogens is 386 g/mol. The minimum absolute atomic E-state index is 0.0191. The minimum Gasteiger partial charge on any atom is -0.264 e. The van der Waals surface area contributed by atoms with Crippen molar-refractivity contribution < 1.29 is 8.42 Å². The zero-order valence-electron chi connectivity index (χ0n) is 16.3. The van der Waals surface area contributed by atoms with Crippen molar-refractivity contribution in [3.8, 4) is 11.3 Å². The van der Waals surface area contributed by atoms with E-state index in [-0.39, 0.29) is 18.6 Å². The van der Waals surface area contributed by atoms with Crippen LogP contribution in [0.15, 0.2) is 53.7 Å². The van der Waals surface area contributed by atoms with Gasteiger partial charge in [-0.3, -0.25) is 4.98 Å². The Balaban J connectivity index is 1.62. The zero-order chi connectivity index (χ0) is 20.0. The maximum atomic E-state index is 13.6. The molecule has 7 nitrogen and oxygen atoms in total. The third-order valence-corrected chi connectivity index (χ3v) is 7.92. The van der Waals surface area contributed by atoms with Gasteiger partial charge in [-0.2, -0.15) is 4.31 Å². The van der Waals surface area contributed by atoms with Crippen molar-refractivity contribution in [2.75, 3.05) is 0 Å². The standard InChI is InChI=1S/C21H23N5O2S/c1-15-8-10-17(11-9-15)29(27,28)25-14-20-21(16-5-4-12-22-13-16)23-24-26(20)19-7-3-2-6-18(19)25/h4-5,8-13,18-19H,2-3,6-7,14H2,1H3/t18-,19-/m0/s1. The number of hydrogen-bond donors (Lipinski definition) is 0. The Morgan fingerprint density at radius 3 is 2.52 bits per heavy atom. The van der Waals surface area contributed by atoms with Crippen molar-refractivity contribution >= 4 is 10.0 Å². The first kappa shape index (κ1) is 18.4. The van der Waals surface area contributed by atoms with Crippen LogP contribution >= 0.6 is 0 Å². The maximum Gasteiger partial charge on any atom is 0.243 e. The number of benzene rings is 1. The van der Waals surface area contributed by atoms with Crippen LogP contribution in [0.4, 0.5) is 0 Å². The van der Waals surface area contributed by atoms with Gasteiger partial charge in [0.1, 0.15) is 5.69 Å². The van der Waals surface area contributed by atoms with Crippen LogP contribution in [0.2, 0.25) is 0 Å². The minimum atomic E-state index is -3.62. The summed E-state index contributed by atoms with van der Waals surface area (Å²) in [6.45, 7) is 2.23. The number of nitrogens with zero attached hydrogens (tertiary/aromatic N) is 5. The lowest BCUT2D eigenvalue weighted by Gasteiger charge is -2.43. The topological polar surface area (TPSA) is 81.0 Å². The van der Waals surface area contributed by atoms with E-state index in [1.807, 2.05) is 35.9 Å². The van der Waals surface area contributed by atoms with Crippen molar-refractivity contribution in [2.45, 2.75) is 56.1 Å². The molecule has 1 saturated carbocycles. The molecule has 0 radical (unpaired) electrons. The van der Waals surface area contributed by atoms with Crippen molar-refractivity contribution in [2.24, 2.45) is 0 Å². The second kappa shape index (κ2) is 7.03. The molecular formula is C21H23N5O2S. The molecule has 0 N–H and O–H groups in total. The first-order valence-electron chi connectivity index (χ1n) is 9.99. The Kier molecular flexibility index (Phi) is 4.48. The Hall–Kier alpha value is -2.58. The molecule has 3 heterocycles. The summed E-state index contributed by atoms with van der Waals surface area (Å²) in [7, 11) is -3.62. The molecule has 0 unspecified atom stereocenters. The number of hydrogen-bond acceptors (Lipinski definition) is 5. The van der Waals surface area contributed by atoms with Crippen molar-refractivity contribution in [1.82, 2.24) is 24.3 Å². The van der Waals surface area contributed by atoms with Gasteiger partial charge in [0.25, 0.3) is 0 Å². The van der Waals surface area contributed by atoms with Crippen molar-refractivity contribution in [3.63, 3.8) is 0 Å². The van der Waals surface area contributed by atoms with E-state index in [1.54, 1.807) is 28.8 Å². The van der Waals surface area contributed by atoms with Gasteiger partial charge in [-0.05, 0) is 44.0 Å². The van der Waals surface area contributed by atoms with Gasteiger partial charge in [-0.25, -0.2) is 13.1 Å². The fraction of sp³-hybridized carbons (Fsp3) is 0.381. The first-order chi connectivity index (χ1) is 14.1. The van der Waals surface area contributed by atoms with Crippen LogP contribution in [0.5, 0.6) is 0 Å². The van der Waals surface area contributed by atoms with Gasteiger partial charge in [0.15, 0.2) is 0 Å². The van der Waals surface area contributed by atoms with E-state index in [2.05, 4.69) is 15.3 Å². The molecule has 1 fully saturated rings. The van der Waals surface area contributed by atoms with Gasteiger partial charge < -0.3 is 0 Å². The summed E-state index contributed by atoms with van der Waals surface area (Å²) in [6.07, 6.45) is 7.31. The molecule has 0 saturated heterocycles. The Bertz CT molecular complexity index is 1130. The molecule has 0 bridgehead atoms. The lowest BCUT2D eigenvalue weighted by molar-refractivity contribution is 0.131. The molecule has 1 aliphatic heterocycles. The summed E-state index contributed by atoms with van der Waals surface area (Å²) in [4.78, 5) is 4.53. The number of pyridine rings is 1. The zero-order valence-corrected chi connectivity index (χ0v) is 17.1. The van der Waals surface area contributed by atoms with Crippen LogP contribution < -0.4 is 0 Å².